The minimum atomic E-state index is 0.284. The standard InChI is InChI=1S/C16H24ClNO/c1-11(2)9-16(13-7-8-18-10-13)19-15-6-4-5-14(17)12(15)3/h4-6,11,13,16,18H,7-10H2,1-3H3/t13?,16-/m0/s1. The molecule has 1 fully saturated rings. The molecule has 1 aliphatic rings. The second kappa shape index (κ2) is 6.62. The molecule has 0 spiro atoms. The van der Waals surface area contributed by atoms with Gasteiger partial charge >= 0.3 is 0 Å². The average Bonchev–Trinajstić information content (AvgIpc) is 2.87. The average molecular weight is 282 g/mol. The molecule has 2 rings (SSSR count). The zero-order valence-corrected chi connectivity index (χ0v) is 12.8. The van der Waals surface area contributed by atoms with E-state index in [0.717, 1.165) is 35.8 Å². The maximum absolute atomic E-state index is 6.30. The molecule has 1 N–H and O–H groups in total. The number of rotatable bonds is 5. The SMILES string of the molecule is Cc1c(Cl)cccc1O[C@@H](CC(C)C)C1CCNC1. The van der Waals surface area contributed by atoms with Crippen LogP contribution in [0.5, 0.6) is 5.75 Å². The third-order valence-corrected chi connectivity index (χ3v) is 4.23. The highest BCUT2D eigenvalue weighted by molar-refractivity contribution is 6.31. The summed E-state index contributed by atoms with van der Waals surface area (Å²) in [6, 6.07) is 5.90. The van der Waals surface area contributed by atoms with Crippen LogP contribution in [0.3, 0.4) is 0 Å². The van der Waals surface area contributed by atoms with Gasteiger partial charge in [0.05, 0.1) is 0 Å². The summed E-state index contributed by atoms with van der Waals surface area (Å²) in [4.78, 5) is 0. The van der Waals surface area contributed by atoms with Crippen molar-refractivity contribution < 1.29 is 4.74 Å². The molecule has 1 aromatic carbocycles. The molecule has 0 aliphatic carbocycles. The van der Waals surface area contributed by atoms with E-state index >= 15 is 0 Å². The lowest BCUT2D eigenvalue weighted by molar-refractivity contribution is 0.119. The minimum absolute atomic E-state index is 0.284. The molecule has 0 bridgehead atoms. The quantitative estimate of drug-likeness (QED) is 0.879. The fourth-order valence-corrected chi connectivity index (χ4v) is 2.84. The number of nitrogens with one attached hydrogen (secondary N) is 1. The summed E-state index contributed by atoms with van der Waals surface area (Å²) in [6.45, 7) is 8.71. The zero-order chi connectivity index (χ0) is 13.8. The third-order valence-electron chi connectivity index (χ3n) is 3.82. The van der Waals surface area contributed by atoms with Crippen molar-refractivity contribution in [1.82, 2.24) is 5.32 Å². The lowest BCUT2D eigenvalue weighted by Gasteiger charge is -2.27. The van der Waals surface area contributed by atoms with Crippen molar-refractivity contribution in [1.29, 1.82) is 0 Å². The molecular weight excluding hydrogens is 258 g/mol. The van der Waals surface area contributed by atoms with Crippen molar-refractivity contribution in [3.8, 4) is 5.75 Å². The van der Waals surface area contributed by atoms with Crippen molar-refractivity contribution in [2.24, 2.45) is 11.8 Å². The summed E-state index contributed by atoms with van der Waals surface area (Å²) in [5.41, 5.74) is 1.05. The van der Waals surface area contributed by atoms with Gasteiger partial charge in [-0.05, 0) is 44.4 Å². The maximum Gasteiger partial charge on any atom is 0.124 e. The molecule has 106 valence electrons. The number of benzene rings is 1. The molecule has 0 saturated carbocycles. The van der Waals surface area contributed by atoms with Crippen molar-refractivity contribution in [2.45, 2.75) is 39.7 Å². The Morgan fingerprint density at radius 1 is 1.42 bits per heavy atom. The first-order valence-corrected chi connectivity index (χ1v) is 7.58. The van der Waals surface area contributed by atoms with Crippen LogP contribution in [0.15, 0.2) is 18.2 Å². The molecule has 19 heavy (non-hydrogen) atoms. The van der Waals surface area contributed by atoms with Gasteiger partial charge in [-0.25, -0.2) is 0 Å². The second-order valence-electron chi connectivity index (χ2n) is 5.90. The Balaban J connectivity index is 2.12. The molecule has 2 atom stereocenters. The largest absolute Gasteiger partial charge is 0.490 e. The number of hydrogen-bond acceptors (Lipinski definition) is 2. The zero-order valence-electron chi connectivity index (χ0n) is 12.1. The van der Waals surface area contributed by atoms with Crippen LogP contribution < -0.4 is 10.1 Å². The Bertz CT molecular complexity index is 413. The highest BCUT2D eigenvalue weighted by Crippen LogP contribution is 2.30. The van der Waals surface area contributed by atoms with Crippen molar-refractivity contribution >= 4 is 11.6 Å². The van der Waals surface area contributed by atoms with Crippen molar-refractivity contribution in [3.05, 3.63) is 28.8 Å². The number of ether oxygens (including phenoxy) is 1. The van der Waals surface area contributed by atoms with Crippen molar-refractivity contribution in [3.63, 3.8) is 0 Å². The summed E-state index contributed by atoms with van der Waals surface area (Å²) >= 11 is 6.17. The van der Waals surface area contributed by atoms with E-state index in [0.29, 0.717) is 11.8 Å². The van der Waals surface area contributed by atoms with Gasteiger partial charge in [-0.2, -0.15) is 0 Å². The van der Waals surface area contributed by atoms with Crippen molar-refractivity contribution in [2.75, 3.05) is 13.1 Å². The summed E-state index contributed by atoms with van der Waals surface area (Å²) in [6.07, 6.45) is 2.59. The molecule has 0 amide bonds. The third kappa shape index (κ3) is 3.87. The summed E-state index contributed by atoms with van der Waals surface area (Å²) in [5, 5.41) is 4.21. The van der Waals surface area contributed by atoms with E-state index in [1.807, 2.05) is 25.1 Å². The van der Waals surface area contributed by atoms with Gasteiger partial charge in [0.25, 0.3) is 0 Å². The van der Waals surface area contributed by atoms with E-state index in [2.05, 4.69) is 19.2 Å². The molecule has 2 nitrogen and oxygen atoms in total. The highest BCUT2D eigenvalue weighted by atomic mass is 35.5. The molecular formula is C16H24ClNO. The Kier molecular flexibility index (Phi) is 5.12. The lowest BCUT2D eigenvalue weighted by Crippen LogP contribution is -2.30. The molecule has 1 aromatic rings. The van der Waals surface area contributed by atoms with Gasteiger partial charge < -0.3 is 10.1 Å². The second-order valence-corrected chi connectivity index (χ2v) is 6.31. The fraction of sp³-hybridized carbons (Fsp3) is 0.625. The Morgan fingerprint density at radius 3 is 2.84 bits per heavy atom. The van der Waals surface area contributed by atoms with Crippen LogP contribution in [0.1, 0.15) is 32.3 Å². The number of hydrogen-bond donors (Lipinski definition) is 1. The van der Waals surface area contributed by atoms with Gasteiger partial charge in [0, 0.05) is 23.0 Å². The maximum atomic E-state index is 6.30. The first kappa shape index (κ1) is 14.7. The molecule has 1 aliphatic heterocycles. The molecule has 1 heterocycles. The summed E-state index contributed by atoms with van der Waals surface area (Å²) < 4.78 is 6.30. The van der Waals surface area contributed by atoms with Gasteiger partial charge in [0.2, 0.25) is 0 Å². The van der Waals surface area contributed by atoms with Gasteiger partial charge in [-0.15, -0.1) is 0 Å². The molecule has 0 aromatic heterocycles. The van der Waals surface area contributed by atoms with E-state index in [4.69, 9.17) is 16.3 Å². The van der Waals surface area contributed by atoms with Gasteiger partial charge in [-0.3, -0.25) is 0 Å². The van der Waals surface area contributed by atoms with Crippen LogP contribution in [-0.4, -0.2) is 19.2 Å². The first-order chi connectivity index (χ1) is 9.08. The van der Waals surface area contributed by atoms with E-state index in [-0.39, 0.29) is 6.10 Å². The minimum Gasteiger partial charge on any atom is -0.490 e. The molecule has 0 radical (unpaired) electrons. The number of halogens is 1. The van der Waals surface area contributed by atoms with E-state index in [1.54, 1.807) is 0 Å². The van der Waals surface area contributed by atoms with E-state index in [9.17, 15) is 0 Å². The smallest absolute Gasteiger partial charge is 0.124 e. The predicted octanol–water partition coefficient (Wildman–Crippen LogP) is 4.05. The van der Waals surface area contributed by atoms with E-state index in [1.165, 1.54) is 6.42 Å². The van der Waals surface area contributed by atoms with Crippen LogP contribution in [0.25, 0.3) is 0 Å². The van der Waals surface area contributed by atoms with Crippen LogP contribution >= 0.6 is 11.6 Å². The van der Waals surface area contributed by atoms with Crippen LogP contribution in [0.2, 0.25) is 5.02 Å². The van der Waals surface area contributed by atoms with Crippen LogP contribution in [0, 0.1) is 18.8 Å². The topological polar surface area (TPSA) is 21.3 Å². The Morgan fingerprint density at radius 2 is 2.21 bits per heavy atom. The Labute approximate surface area is 121 Å². The fourth-order valence-electron chi connectivity index (χ4n) is 2.67. The summed E-state index contributed by atoms with van der Waals surface area (Å²) in [5.74, 6) is 2.19. The normalized spacial score (nSPS) is 20.8. The monoisotopic (exact) mass is 281 g/mol. The molecule has 1 saturated heterocycles. The van der Waals surface area contributed by atoms with Crippen LogP contribution in [0.4, 0.5) is 0 Å². The van der Waals surface area contributed by atoms with E-state index < -0.39 is 0 Å². The lowest BCUT2D eigenvalue weighted by atomic mass is 9.93. The van der Waals surface area contributed by atoms with Gasteiger partial charge in [0.15, 0.2) is 0 Å². The van der Waals surface area contributed by atoms with Crippen LogP contribution in [-0.2, 0) is 0 Å². The van der Waals surface area contributed by atoms with Gasteiger partial charge in [0.1, 0.15) is 11.9 Å². The highest BCUT2D eigenvalue weighted by Gasteiger charge is 2.27. The summed E-state index contributed by atoms with van der Waals surface area (Å²) in [7, 11) is 0. The predicted molar refractivity (Wildman–Crippen MR) is 81.0 cm³/mol. The molecule has 3 heteroatoms. The molecule has 1 unspecified atom stereocenters. The Hall–Kier alpha value is -0.730. The first-order valence-electron chi connectivity index (χ1n) is 7.20. The van der Waals surface area contributed by atoms with Gasteiger partial charge in [-0.1, -0.05) is 31.5 Å².